The molecule has 7 nitrogen and oxygen atoms in total. The zero-order chi connectivity index (χ0) is 16.3. The normalized spacial score (nSPS) is 40.0. The van der Waals surface area contributed by atoms with E-state index in [1.807, 2.05) is 13.8 Å². The highest BCUT2D eigenvalue weighted by atomic mass is 16.7. The Labute approximate surface area is 130 Å². The molecule has 128 valence electrons. The highest BCUT2D eigenvalue weighted by molar-refractivity contribution is 5.66. The molecule has 2 fully saturated rings. The molecule has 0 aromatic carbocycles. The molecule has 0 bridgehead atoms. The third-order valence-corrected chi connectivity index (χ3v) is 4.26. The fourth-order valence-electron chi connectivity index (χ4n) is 2.76. The second kappa shape index (κ2) is 7.23. The predicted octanol–water partition coefficient (Wildman–Crippen LogP) is 0.926. The molecule has 2 saturated heterocycles. The van der Waals surface area contributed by atoms with Crippen molar-refractivity contribution in [2.24, 2.45) is 0 Å². The molecule has 0 amide bonds. The Morgan fingerprint density at radius 3 is 2.82 bits per heavy atom. The Kier molecular flexibility index (Phi) is 5.79. The van der Waals surface area contributed by atoms with E-state index in [0.717, 1.165) is 0 Å². The highest BCUT2D eigenvalue weighted by Gasteiger charge is 2.39. The SMILES string of the molecule is CC1OC(C(C)OCC2COC(C)(CCC(=O)O)O2)CC1O. The van der Waals surface area contributed by atoms with Gasteiger partial charge in [0, 0.05) is 12.8 Å². The summed E-state index contributed by atoms with van der Waals surface area (Å²) in [6.45, 7) is 6.24. The fourth-order valence-corrected chi connectivity index (χ4v) is 2.76. The molecule has 6 unspecified atom stereocenters. The van der Waals surface area contributed by atoms with Gasteiger partial charge in [-0.25, -0.2) is 0 Å². The number of ether oxygens (including phenoxy) is 4. The maximum absolute atomic E-state index is 10.6. The van der Waals surface area contributed by atoms with Gasteiger partial charge in [0.15, 0.2) is 5.79 Å². The van der Waals surface area contributed by atoms with Gasteiger partial charge in [-0.3, -0.25) is 4.79 Å². The minimum atomic E-state index is -0.868. The van der Waals surface area contributed by atoms with Crippen LogP contribution in [0, 0.1) is 0 Å². The molecule has 0 radical (unpaired) electrons. The van der Waals surface area contributed by atoms with Crippen LogP contribution >= 0.6 is 0 Å². The van der Waals surface area contributed by atoms with Gasteiger partial charge in [0.05, 0.1) is 44.1 Å². The largest absolute Gasteiger partial charge is 0.481 e. The molecular weight excluding hydrogens is 292 g/mol. The van der Waals surface area contributed by atoms with Crippen molar-refractivity contribution in [2.45, 2.75) is 76.3 Å². The van der Waals surface area contributed by atoms with Crippen LogP contribution in [0.3, 0.4) is 0 Å². The van der Waals surface area contributed by atoms with Gasteiger partial charge in [-0.1, -0.05) is 0 Å². The first-order chi connectivity index (χ1) is 10.3. The molecule has 2 aliphatic heterocycles. The fraction of sp³-hybridized carbons (Fsp3) is 0.933. The lowest BCUT2D eigenvalue weighted by molar-refractivity contribution is -0.173. The van der Waals surface area contributed by atoms with Gasteiger partial charge >= 0.3 is 5.97 Å². The summed E-state index contributed by atoms with van der Waals surface area (Å²) in [4.78, 5) is 10.6. The lowest BCUT2D eigenvalue weighted by Gasteiger charge is -2.24. The Morgan fingerprint density at radius 2 is 2.23 bits per heavy atom. The van der Waals surface area contributed by atoms with E-state index in [4.69, 9.17) is 24.1 Å². The predicted molar refractivity (Wildman–Crippen MR) is 76.5 cm³/mol. The monoisotopic (exact) mass is 318 g/mol. The van der Waals surface area contributed by atoms with Crippen LogP contribution in [0.2, 0.25) is 0 Å². The molecule has 0 spiro atoms. The van der Waals surface area contributed by atoms with Crippen molar-refractivity contribution in [3.8, 4) is 0 Å². The first kappa shape index (κ1) is 17.6. The minimum absolute atomic E-state index is 0.00612. The van der Waals surface area contributed by atoms with Crippen LogP contribution in [0.5, 0.6) is 0 Å². The van der Waals surface area contributed by atoms with Gasteiger partial charge in [-0.15, -0.1) is 0 Å². The van der Waals surface area contributed by atoms with Gasteiger partial charge in [0.1, 0.15) is 6.10 Å². The van der Waals surface area contributed by atoms with E-state index >= 15 is 0 Å². The van der Waals surface area contributed by atoms with Gasteiger partial charge in [0.2, 0.25) is 0 Å². The number of carbonyl (C=O) groups is 1. The smallest absolute Gasteiger partial charge is 0.303 e. The van der Waals surface area contributed by atoms with Crippen molar-refractivity contribution >= 4 is 5.97 Å². The Morgan fingerprint density at radius 1 is 1.50 bits per heavy atom. The summed E-state index contributed by atoms with van der Waals surface area (Å²) in [5, 5.41) is 18.4. The molecule has 2 N–H and O–H groups in total. The summed E-state index contributed by atoms with van der Waals surface area (Å²) in [5.41, 5.74) is 0. The quantitative estimate of drug-likeness (QED) is 0.721. The molecule has 0 saturated carbocycles. The summed E-state index contributed by atoms with van der Waals surface area (Å²) < 4.78 is 22.7. The zero-order valence-electron chi connectivity index (χ0n) is 13.4. The van der Waals surface area contributed by atoms with Gasteiger partial charge in [0.25, 0.3) is 0 Å². The lowest BCUT2D eigenvalue weighted by Crippen LogP contribution is -2.32. The van der Waals surface area contributed by atoms with Crippen LogP contribution in [-0.4, -0.2) is 65.7 Å². The van der Waals surface area contributed by atoms with Crippen LogP contribution in [-0.2, 0) is 23.7 Å². The number of carboxylic acid groups (broad SMARTS) is 1. The molecule has 22 heavy (non-hydrogen) atoms. The number of hydrogen-bond donors (Lipinski definition) is 2. The highest BCUT2D eigenvalue weighted by Crippen LogP contribution is 2.29. The maximum atomic E-state index is 10.6. The van der Waals surface area contributed by atoms with Crippen LogP contribution in [0.1, 0.15) is 40.0 Å². The first-order valence-corrected chi connectivity index (χ1v) is 7.78. The second-order valence-electron chi connectivity index (χ2n) is 6.30. The molecule has 6 atom stereocenters. The van der Waals surface area contributed by atoms with E-state index in [1.165, 1.54) is 0 Å². The third-order valence-electron chi connectivity index (χ3n) is 4.26. The molecule has 2 rings (SSSR count). The Bertz CT molecular complexity index is 378. The Balaban J connectivity index is 1.71. The minimum Gasteiger partial charge on any atom is -0.481 e. The average molecular weight is 318 g/mol. The molecule has 0 aliphatic carbocycles. The number of aliphatic hydroxyl groups is 1. The molecule has 2 heterocycles. The third kappa shape index (κ3) is 4.63. The summed E-state index contributed by atoms with van der Waals surface area (Å²) in [6.07, 6.45) is -0.205. The molecular formula is C15H26O7. The number of hydrogen-bond acceptors (Lipinski definition) is 6. The lowest BCUT2D eigenvalue weighted by atomic mass is 10.1. The number of carboxylic acids is 1. The van der Waals surface area contributed by atoms with Crippen molar-refractivity contribution in [3.05, 3.63) is 0 Å². The van der Waals surface area contributed by atoms with Crippen molar-refractivity contribution in [2.75, 3.05) is 13.2 Å². The number of aliphatic hydroxyl groups excluding tert-OH is 1. The number of aliphatic carboxylic acids is 1. The Hall–Kier alpha value is -0.730. The van der Waals surface area contributed by atoms with Crippen molar-refractivity contribution in [1.29, 1.82) is 0 Å². The van der Waals surface area contributed by atoms with Crippen molar-refractivity contribution in [1.82, 2.24) is 0 Å². The molecule has 0 aromatic rings. The average Bonchev–Trinajstić information content (AvgIpc) is 2.99. The van der Waals surface area contributed by atoms with E-state index in [2.05, 4.69) is 0 Å². The summed E-state index contributed by atoms with van der Waals surface area (Å²) in [5.74, 6) is -1.72. The van der Waals surface area contributed by atoms with E-state index in [-0.39, 0.29) is 30.8 Å². The zero-order valence-corrected chi connectivity index (χ0v) is 13.4. The maximum Gasteiger partial charge on any atom is 0.303 e. The topological polar surface area (TPSA) is 94.5 Å². The van der Waals surface area contributed by atoms with Crippen molar-refractivity contribution in [3.63, 3.8) is 0 Å². The summed E-state index contributed by atoms with van der Waals surface area (Å²) in [7, 11) is 0. The molecule has 0 aromatic heterocycles. The van der Waals surface area contributed by atoms with Crippen LogP contribution < -0.4 is 0 Å². The standard InChI is InChI=1S/C15H26O7/c1-9-12(16)6-13(21-9)10(2)19-7-11-8-20-15(3,22-11)5-4-14(17)18/h9-13,16H,4-8H2,1-3H3,(H,17,18). The number of rotatable bonds is 7. The van der Waals surface area contributed by atoms with E-state index in [1.54, 1.807) is 6.92 Å². The molecule has 7 heteroatoms. The van der Waals surface area contributed by atoms with Gasteiger partial charge in [-0.2, -0.15) is 0 Å². The van der Waals surface area contributed by atoms with Crippen LogP contribution in [0.15, 0.2) is 0 Å². The molecule has 2 aliphatic rings. The van der Waals surface area contributed by atoms with Crippen molar-refractivity contribution < 1.29 is 34.0 Å². The van der Waals surface area contributed by atoms with Gasteiger partial charge < -0.3 is 29.2 Å². The summed E-state index contributed by atoms with van der Waals surface area (Å²) >= 11 is 0. The van der Waals surface area contributed by atoms with Crippen LogP contribution in [0.25, 0.3) is 0 Å². The van der Waals surface area contributed by atoms with E-state index < -0.39 is 17.9 Å². The first-order valence-electron chi connectivity index (χ1n) is 7.78. The summed E-state index contributed by atoms with van der Waals surface area (Å²) in [6, 6.07) is 0. The van der Waals surface area contributed by atoms with Crippen LogP contribution in [0.4, 0.5) is 0 Å². The van der Waals surface area contributed by atoms with E-state index in [0.29, 0.717) is 26.1 Å². The second-order valence-corrected chi connectivity index (χ2v) is 6.30. The van der Waals surface area contributed by atoms with E-state index in [9.17, 15) is 9.90 Å². The van der Waals surface area contributed by atoms with Gasteiger partial charge in [-0.05, 0) is 20.8 Å².